The van der Waals surface area contributed by atoms with E-state index in [1.807, 2.05) is 20.8 Å². The second kappa shape index (κ2) is 6.44. The number of ether oxygens (including phenoxy) is 1. The van der Waals surface area contributed by atoms with E-state index in [9.17, 15) is 13.2 Å². The molecular weight excluding hydrogens is 294 g/mol. The zero-order valence-corrected chi connectivity index (χ0v) is 13.6. The van der Waals surface area contributed by atoms with Crippen LogP contribution in [0.5, 0.6) is 5.75 Å². The van der Waals surface area contributed by atoms with Gasteiger partial charge in [-0.2, -0.15) is 4.31 Å². The molecule has 0 aliphatic carbocycles. The van der Waals surface area contributed by atoms with Crippen LogP contribution in [0.2, 0.25) is 0 Å². The van der Waals surface area contributed by atoms with Crippen molar-refractivity contribution >= 4 is 16.0 Å². The first-order valence-electron chi connectivity index (χ1n) is 6.52. The Kier molecular flexibility index (Phi) is 5.36. The highest BCUT2D eigenvalue weighted by Crippen LogP contribution is 2.26. The Labute approximate surface area is 125 Å². The van der Waals surface area contributed by atoms with Gasteiger partial charge in [-0.3, -0.25) is 0 Å². The van der Waals surface area contributed by atoms with Gasteiger partial charge in [0.25, 0.3) is 0 Å². The number of rotatable bonds is 6. The van der Waals surface area contributed by atoms with E-state index in [0.717, 1.165) is 6.07 Å². The summed E-state index contributed by atoms with van der Waals surface area (Å²) >= 11 is 0. The molecular formula is C14H21NO5S. The Hall–Kier alpha value is -1.60. The highest BCUT2D eigenvalue weighted by molar-refractivity contribution is 7.89. The van der Waals surface area contributed by atoms with E-state index >= 15 is 0 Å². The van der Waals surface area contributed by atoms with Gasteiger partial charge < -0.3 is 9.84 Å². The highest BCUT2D eigenvalue weighted by atomic mass is 32.2. The maximum atomic E-state index is 12.5. The minimum absolute atomic E-state index is 0.0595. The molecule has 0 fully saturated rings. The summed E-state index contributed by atoms with van der Waals surface area (Å²) in [5.41, 5.74) is -0.177. The van der Waals surface area contributed by atoms with Gasteiger partial charge in [-0.1, -0.05) is 13.8 Å². The summed E-state index contributed by atoms with van der Waals surface area (Å²) in [7, 11) is -0.923. The molecule has 0 spiro atoms. The molecule has 1 unspecified atom stereocenters. The van der Waals surface area contributed by atoms with Crippen LogP contribution >= 0.6 is 0 Å². The van der Waals surface area contributed by atoms with E-state index in [0.29, 0.717) is 0 Å². The van der Waals surface area contributed by atoms with E-state index < -0.39 is 16.0 Å². The molecule has 7 heteroatoms. The van der Waals surface area contributed by atoms with E-state index in [1.54, 1.807) is 0 Å². The monoisotopic (exact) mass is 315 g/mol. The normalized spacial score (nSPS) is 13.5. The number of benzene rings is 1. The molecule has 1 aromatic rings. The zero-order chi connectivity index (χ0) is 16.4. The van der Waals surface area contributed by atoms with E-state index in [2.05, 4.69) is 0 Å². The number of nitrogens with zero attached hydrogens (tertiary/aromatic N) is 1. The van der Waals surface area contributed by atoms with Gasteiger partial charge in [-0.25, -0.2) is 13.2 Å². The van der Waals surface area contributed by atoms with Gasteiger partial charge >= 0.3 is 5.97 Å². The van der Waals surface area contributed by atoms with E-state index in [4.69, 9.17) is 9.84 Å². The molecule has 0 heterocycles. The number of aromatic carboxylic acids is 1. The van der Waals surface area contributed by atoms with Crippen molar-refractivity contribution in [2.24, 2.45) is 5.92 Å². The first-order chi connectivity index (χ1) is 9.62. The molecule has 1 rings (SSSR count). The summed E-state index contributed by atoms with van der Waals surface area (Å²) in [6.07, 6.45) is 0. The fraction of sp³-hybridized carbons (Fsp3) is 0.500. The number of hydrogen-bond acceptors (Lipinski definition) is 4. The molecule has 0 saturated heterocycles. The quantitative estimate of drug-likeness (QED) is 0.868. The van der Waals surface area contributed by atoms with Crippen LogP contribution in [0.15, 0.2) is 23.1 Å². The van der Waals surface area contributed by atoms with Gasteiger partial charge in [0.2, 0.25) is 10.0 Å². The van der Waals surface area contributed by atoms with Crippen LogP contribution in [0.4, 0.5) is 0 Å². The van der Waals surface area contributed by atoms with Crippen LogP contribution in [0.1, 0.15) is 31.1 Å². The highest BCUT2D eigenvalue weighted by Gasteiger charge is 2.28. The van der Waals surface area contributed by atoms with Crippen LogP contribution < -0.4 is 4.74 Å². The average Bonchev–Trinajstić information content (AvgIpc) is 2.44. The topological polar surface area (TPSA) is 83.9 Å². The first kappa shape index (κ1) is 17.5. The maximum Gasteiger partial charge on any atom is 0.339 e. The number of carboxylic acids is 1. The molecule has 0 radical (unpaired) electrons. The molecule has 0 aliphatic heterocycles. The van der Waals surface area contributed by atoms with Gasteiger partial charge in [0, 0.05) is 13.1 Å². The molecule has 118 valence electrons. The summed E-state index contributed by atoms with van der Waals surface area (Å²) in [5.74, 6) is -0.966. The van der Waals surface area contributed by atoms with E-state index in [1.165, 1.54) is 30.6 Å². The fourth-order valence-electron chi connectivity index (χ4n) is 1.82. The predicted octanol–water partition coefficient (Wildman–Crippen LogP) is 2.06. The van der Waals surface area contributed by atoms with Crippen LogP contribution in [0.3, 0.4) is 0 Å². The molecule has 0 aromatic heterocycles. The third-order valence-corrected chi connectivity index (χ3v) is 5.56. The second-order valence-corrected chi connectivity index (χ2v) is 7.17. The van der Waals surface area contributed by atoms with Crippen molar-refractivity contribution in [2.75, 3.05) is 14.2 Å². The largest absolute Gasteiger partial charge is 0.496 e. The smallest absolute Gasteiger partial charge is 0.339 e. The van der Waals surface area contributed by atoms with Gasteiger partial charge in [0.1, 0.15) is 11.3 Å². The van der Waals surface area contributed by atoms with Crippen LogP contribution in [0.25, 0.3) is 0 Å². The molecule has 0 saturated carbocycles. The average molecular weight is 315 g/mol. The third kappa shape index (κ3) is 3.54. The Balaban J connectivity index is 3.33. The first-order valence-corrected chi connectivity index (χ1v) is 7.96. The molecule has 0 aliphatic rings. The number of carboxylic acid groups (broad SMARTS) is 1. The van der Waals surface area contributed by atoms with Gasteiger partial charge in [0.05, 0.1) is 12.0 Å². The molecule has 1 N–H and O–H groups in total. The van der Waals surface area contributed by atoms with Crippen molar-refractivity contribution in [1.29, 1.82) is 0 Å². The zero-order valence-electron chi connectivity index (χ0n) is 12.8. The van der Waals surface area contributed by atoms with Crippen LogP contribution in [0, 0.1) is 5.92 Å². The van der Waals surface area contributed by atoms with Crippen LogP contribution in [-0.4, -0.2) is 44.0 Å². The molecule has 21 heavy (non-hydrogen) atoms. The molecule has 0 amide bonds. The van der Waals surface area contributed by atoms with Gasteiger partial charge in [0.15, 0.2) is 0 Å². The van der Waals surface area contributed by atoms with Crippen molar-refractivity contribution in [1.82, 2.24) is 4.31 Å². The Morgan fingerprint density at radius 3 is 2.29 bits per heavy atom. The maximum absolute atomic E-state index is 12.5. The van der Waals surface area contributed by atoms with Crippen molar-refractivity contribution in [3.63, 3.8) is 0 Å². The van der Waals surface area contributed by atoms with Crippen molar-refractivity contribution in [3.8, 4) is 5.75 Å². The Morgan fingerprint density at radius 1 is 1.29 bits per heavy atom. The van der Waals surface area contributed by atoms with Gasteiger partial charge in [-0.15, -0.1) is 0 Å². The third-order valence-electron chi connectivity index (χ3n) is 3.62. The Bertz CT molecular complexity index is 624. The lowest BCUT2D eigenvalue weighted by Crippen LogP contribution is -2.38. The lowest BCUT2D eigenvalue weighted by atomic mass is 10.1. The fourth-order valence-corrected chi connectivity index (χ4v) is 3.34. The minimum Gasteiger partial charge on any atom is -0.496 e. The lowest BCUT2D eigenvalue weighted by molar-refractivity contribution is 0.0693. The standard InChI is InChI=1S/C14H21NO5S/c1-9(2)10(3)15(4)21(18,19)11-6-7-13(20-5)12(8-11)14(16)17/h6-10H,1-5H3,(H,16,17). The molecule has 0 bridgehead atoms. The van der Waals surface area contributed by atoms with Crippen LogP contribution in [-0.2, 0) is 10.0 Å². The summed E-state index contributed by atoms with van der Waals surface area (Å²) < 4.78 is 31.3. The molecule has 1 aromatic carbocycles. The minimum atomic E-state index is -3.75. The Morgan fingerprint density at radius 2 is 1.86 bits per heavy atom. The summed E-state index contributed by atoms with van der Waals surface area (Å²) in [5, 5.41) is 9.13. The predicted molar refractivity (Wildman–Crippen MR) is 79.2 cm³/mol. The number of hydrogen-bond donors (Lipinski definition) is 1. The summed E-state index contributed by atoms with van der Waals surface area (Å²) in [6, 6.07) is 3.62. The van der Waals surface area contributed by atoms with Gasteiger partial charge in [-0.05, 0) is 31.0 Å². The van der Waals surface area contributed by atoms with Crippen molar-refractivity contribution in [2.45, 2.75) is 31.7 Å². The lowest BCUT2D eigenvalue weighted by Gasteiger charge is -2.27. The number of methoxy groups -OCH3 is 1. The molecule has 1 atom stereocenters. The number of sulfonamides is 1. The second-order valence-electron chi connectivity index (χ2n) is 5.17. The SMILES string of the molecule is COc1ccc(S(=O)(=O)N(C)C(C)C(C)C)cc1C(=O)O. The van der Waals surface area contributed by atoms with E-state index in [-0.39, 0.29) is 28.2 Å². The summed E-state index contributed by atoms with van der Waals surface area (Å²) in [6.45, 7) is 5.66. The summed E-state index contributed by atoms with van der Waals surface area (Å²) in [4.78, 5) is 11.1. The number of carbonyl (C=O) groups is 1. The van der Waals surface area contributed by atoms with Crippen molar-refractivity contribution in [3.05, 3.63) is 23.8 Å². The van der Waals surface area contributed by atoms with Crippen molar-refractivity contribution < 1.29 is 23.1 Å². The molecule has 6 nitrogen and oxygen atoms in total.